The van der Waals surface area contributed by atoms with E-state index in [1.54, 1.807) is 47.6 Å². The molecular weight excluding hydrogens is 421 g/mol. The van der Waals surface area contributed by atoms with Gasteiger partial charge in [0.1, 0.15) is 29.3 Å². The summed E-state index contributed by atoms with van der Waals surface area (Å²) in [6, 6.07) is 12.7. The first kappa shape index (κ1) is 20.7. The molecule has 8 heteroatoms. The second kappa shape index (κ2) is 8.74. The van der Waals surface area contributed by atoms with E-state index in [4.69, 9.17) is 4.74 Å². The molecule has 3 heterocycles. The van der Waals surface area contributed by atoms with Crippen LogP contribution in [0.15, 0.2) is 67.1 Å². The maximum absolute atomic E-state index is 13.4. The summed E-state index contributed by atoms with van der Waals surface area (Å²) in [5.74, 6) is 0.529. The van der Waals surface area contributed by atoms with Crippen molar-refractivity contribution < 1.29 is 13.9 Å². The number of nitrogens with one attached hydrogen (secondary N) is 2. The van der Waals surface area contributed by atoms with Crippen LogP contribution < -0.4 is 10.1 Å². The zero-order valence-corrected chi connectivity index (χ0v) is 18.0. The minimum absolute atomic E-state index is 0.195. The summed E-state index contributed by atoms with van der Waals surface area (Å²) >= 11 is 0. The van der Waals surface area contributed by atoms with Crippen LogP contribution in [-0.4, -0.2) is 39.0 Å². The zero-order chi connectivity index (χ0) is 22.8. The number of amides is 2. The van der Waals surface area contributed by atoms with Crippen molar-refractivity contribution in [3.05, 3.63) is 84.2 Å². The number of halogens is 1. The third-order valence-electron chi connectivity index (χ3n) is 5.58. The number of benzene rings is 2. The lowest BCUT2D eigenvalue weighted by molar-refractivity contribution is 0.217. The monoisotopic (exact) mass is 443 g/mol. The fraction of sp³-hybridized carbons (Fsp3) is 0.160. The first-order valence-electron chi connectivity index (χ1n) is 10.6. The van der Waals surface area contributed by atoms with Gasteiger partial charge < -0.3 is 19.9 Å². The minimum Gasteiger partial charge on any atom is -0.457 e. The number of rotatable bonds is 4. The van der Waals surface area contributed by atoms with Gasteiger partial charge in [0.15, 0.2) is 0 Å². The maximum atomic E-state index is 13.4. The van der Waals surface area contributed by atoms with E-state index >= 15 is 0 Å². The van der Waals surface area contributed by atoms with Gasteiger partial charge in [0.25, 0.3) is 0 Å². The Hall–Kier alpha value is -4.20. The number of carbonyl (C=O) groups is 1. The van der Waals surface area contributed by atoms with Gasteiger partial charge in [0, 0.05) is 42.5 Å². The summed E-state index contributed by atoms with van der Waals surface area (Å²) in [5, 5.41) is 3.94. The average Bonchev–Trinajstić information content (AvgIpc) is 3.20. The Kier molecular flexibility index (Phi) is 5.48. The third kappa shape index (κ3) is 4.41. The lowest BCUT2D eigenvalue weighted by Gasteiger charge is -2.26. The molecule has 0 saturated heterocycles. The van der Waals surface area contributed by atoms with Crippen LogP contribution in [0.4, 0.5) is 14.9 Å². The molecule has 0 bridgehead atoms. The highest BCUT2D eigenvalue weighted by atomic mass is 19.1. The Morgan fingerprint density at radius 3 is 2.76 bits per heavy atom. The maximum Gasteiger partial charge on any atom is 0.322 e. The largest absolute Gasteiger partial charge is 0.457 e. The zero-order valence-electron chi connectivity index (χ0n) is 18.0. The normalized spacial score (nSPS) is 13.6. The molecule has 0 atom stereocenters. The van der Waals surface area contributed by atoms with Crippen molar-refractivity contribution in [3.63, 3.8) is 0 Å². The number of aromatic amines is 1. The number of hydrogen-bond donors (Lipinski definition) is 2. The van der Waals surface area contributed by atoms with Crippen LogP contribution in [0.3, 0.4) is 0 Å². The molecule has 2 aromatic heterocycles. The van der Waals surface area contributed by atoms with Gasteiger partial charge in [-0.1, -0.05) is 18.2 Å². The van der Waals surface area contributed by atoms with Gasteiger partial charge in [-0.15, -0.1) is 0 Å². The van der Waals surface area contributed by atoms with Crippen molar-refractivity contribution >= 4 is 28.3 Å². The van der Waals surface area contributed by atoms with Crippen molar-refractivity contribution in [2.24, 2.45) is 0 Å². The quantitative estimate of drug-likeness (QED) is 0.435. The summed E-state index contributed by atoms with van der Waals surface area (Å²) in [6.07, 6.45) is 6.23. The Balaban J connectivity index is 1.26. The van der Waals surface area contributed by atoms with Gasteiger partial charge in [-0.3, -0.25) is 0 Å². The van der Waals surface area contributed by atoms with E-state index < -0.39 is 0 Å². The summed E-state index contributed by atoms with van der Waals surface area (Å²) in [7, 11) is 0. The van der Waals surface area contributed by atoms with Gasteiger partial charge in [-0.2, -0.15) is 0 Å². The van der Waals surface area contributed by atoms with Crippen LogP contribution in [0.5, 0.6) is 11.5 Å². The minimum atomic E-state index is -0.371. The molecule has 1 aliphatic heterocycles. The van der Waals surface area contributed by atoms with Crippen LogP contribution in [0.1, 0.15) is 17.7 Å². The van der Waals surface area contributed by atoms with Crippen LogP contribution >= 0.6 is 0 Å². The van der Waals surface area contributed by atoms with E-state index in [0.717, 1.165) is 27.9 Å². The summed E-state index contributed by atoms with van der Waals surface area (Å²) < 4.78 is 19.1. The first-order valence-corrected chi connectivity index (χ1v) is 10.6. The first-order chi connectivity index (χ1) is 16.1. The number of urea groups is 1. The Labute approximate surface area is 189 Å². The standard InChI is InChI=1S/C25H22FN5O2/c1-16-14-27-24-22(16)23(28-15-29-24)17-8-10-31(11-9-17)25(32)30-19-5-3-7-21(13-19)33-20-6-2-4-18(26)12-20/h2-8,12-15H,9-11H2,1H3,(H,30,32)(H,27,28,29). The third-order valence-corrected chi connectivity index (χ3v) is 5.58. The molecule has 166 valence electrons. The van der Waals surface area contributed by atoms with Gasteiger partial charge in [0.05, 0.1) is 5.69 Å². The fourth-order valence-corrected chi connectivity index (χ4v) is 3.94. The molecule has 0 aliphatic carbocycles. The van der Waals surface area contributed by atoms with E-state index in [1.165, 1.54) is 12.1 Å². The Bertz CT molecular complexity index is 1360. The van der Waals surface area contributed by atoms with E-state index in [2.05, 4.69) is 20.3 Å². The van der Waals surface area contributed by atoms with Crippen molar-refractivity contribution in [1.29, 1.82) is 0 Å². The number of hydrogen-bond acceptors (Lipinski definition) is 4. The molecule has 2 amide bonds. The van der Waals surface area contributed by atoms with Gasteiger partial charge in [0.2, 0.25) is 0 Å². The van der Waals surface area contributed by atoms with Crippen LogP contribution in [0, 0.1) is 12.7 Å². The van der Waals surface area contributed by atoms with Crippen molar-refractivity contribution in [2.75, 3.05) is 18.4 Å². The molecule has 4 aromatic rings. The molecule has 0 unspecified atom stereocenters. The molecule has 0 fully saturated rings. The topological polar surface area (TPSA) is 83.1 Å². The highest BCUT2D eigenvalue weighted by molar-refractivity contribution is 5.93. The molecule has 7 nitrogen and oxygen atoms in total. The van der Waals surface area contributed by atoms with E-state index in [1.807, 2.05) is 19.2 Å². The molecule has 0 spiro atoms. The lowest BCUT2D eigenvalue weighted by atomic mass is 10.0. The number of ether oxygens (including phenoxy) is 1. The summed E-state index contributed by atoms with van der Waals surface area (Å²) in [4.78, 5) is 26.5. The highest BCUT2D eigenvalue weighted by Gasteiger charge is 2.21. The predicted octanol–water partition coefficient (Wildman–Crippen LogP) is 5.52. The predicted molar refractivity (Wildman–Crippen MR) is 125 cm³/mol. The van der Waals surface area contributed by atoms with Gasteiger partial charge in [-0.25, -0.2) is 19.2 Å². The highest BCUT2D eigenvalue weighted by Crippen LogP contribution is 2.29. The number of aromatic nitrogens is 3. The molecule has 2 aromatic carbocycles. The molecule has 2 N–H and O–H groups in total. The smallest absolute Gasteiger partial charge is 0.322 e. The number of carbonyl (C=O) groups excluding carboxylic acids is 1. The van der Waals surface area contributed by atoms with Crippen LogP contribution in [0.25, 0.3) is 16.6 Å². The SMILES string of the molecule is Cc1c[nH]c2ncnc(C3=CCN(C(=O)Nc4cccc(Oc5cccc(F)c5)c4)CC3)c12. The van der Waals surface area contributed by atoms with Crippen LogP contribution in [0.2, 0.25) is 0 Å². The van der Waals surface area contributed by atoms with Crippen molar-refractivity contribution in [3.8, 4) is 11.5 Å². The average molecular weight is 443 g/mol. The van der Waals surface area contributed by atoms with E-state index in [0.29, 0.717) is 36.7 Å². The molecular formula is C25H22FN5O2. The lowest BCUT2D eigenvalue weighted by Crippen LogP contribution is -2.37. The Morgan fingerprint density at radius 1 is 1.15 bits per heavy atom. The number of H-pyrrole nitrogens is 1. The van der Waals surface area contributed by atoms with Gasteiger partial charge >= 0.3 is 6.03 Å². The number of nitrogens with zero attached hydrogens (tertiary/aromatic N) is 3. The van der Waals surface area contributed by atoms with Crippen molar-refractivity contribution in [2.45, 2.75) is 13.3 Å². The number of anilines is 1. The number of aryl methyl sites for hydroxylation is 1. The molecule has 33 heavy (non-hydrogen) atoms. The van der Waals surface area contributed by atoms with Crippen molar-refractivity contribution in [1.82, 2.24) is 19.9 Å². The summed E-state index contributed by atoms with van der Waals surface area (Å²) in [6.45, 7) is 3.09. The molecule has 0 radical (unpaired) electrons. The second-order valence-electron chi connectivity index (χ2n) is 7.86. The molecule has 1 aliphatic rings. The Morgan fingerprint density at radius 2 is 1.97 bits per heavy atom. The molecule has 0 saturated carbocycles. The molecule has 5 rings (SSSR count). The fourth-order valence-electron chi connectivity index (χ4n) is 3.94. The summed E-state index contributed by atoms with van der Waals surface area (Å²) in [5.41, 5.74) is 4.55. The van der Waals surface area contributed by atoms with E-state index in [9.17, 15) is 9.18 Å². The van der Waals surface area contributed by atoms with E-state index in [-0.39, 0.29) is 11.8 Å². The number of fused-ring (bicyclic) bond motifs is 1. The van der Waals surface area contributed by atoms with Crippen LogP contribution in [-0.2, 0) is 0 Å². The van der Waals surface area contributed by atoms with Gasteiger partial charge in [-0.05, 0) is 48.7 Å². The second-order valence-corrected chi connectivity index (χ2v) is 7.86.